The van der Waals surface area contributed by atoms with E-state index in [0.717, 1.165) is 22.4 Å². The number of aromatic nitrogens is 1. The summed E-state index contributed by atoms with van der Waals surface area (Å²) in [6.45, 7) is 2.32. The fraction of sp³-hybridized carbons (Fsp3) is 0.250. The van der Waals surface area contributed by atoms with Crippen molar-refractivity contribution in [3.05, 3.63) is 47.3 Å². The van der Waals surface area contributed by atoms with Crippen LogP contribution in [0, 0.1) is 6.92 Å². The lowest BCUT2D eigenvalue weighted by atomic mass is 9.97. The Morgan fingerprint density at radius 2 is 1.90 bits per heavy atom. The highest BCUT2D eigenvalue weighted by molar-refractivity contribution is 6.83. The van der Waals surface area contributed by atoms with E-state index in [2.05, 4.69) is 4.98 Å². The number of ketones is 1. The van der Waals surface area contributed by atoms with E-state index in [0.29, 0.717) is 13.0 Å². The number of aromatic amines is 1. The number of ether oxygens (including phenoxy) is 1. The van der Waals surface area contributed by atoms with Gasteiger partial charge in [-0.2, -0.15) is 0 Å². The highest BCUT2D eigenvalue weighted by Gasteiger charge is 2.24. The van der Waals surface area contributed by atoms with E-state index in [1.165, 1.54) is 0 Å². The fourth-order valence-electron chi connectivity index (χ4n) is 2.42. The molecule has 21 heavy (non-hydrogen) atoms. The molecule has 0 fully saturated rings. The Bertz CT molecular complexity index is 662. The first kappa shape index (κ1) is 15.5. The molecule has 0 radical (unpaired) electrons. The Morgan fingerprint density at radius 3 is 2.48 bits per heavy atom. The summed E-state index contributed by atoms with van der Waals surface area (Å²) in [6, 6.07) is 9.70. The van der Waals surface area contributed by atoms with Gasteiger partial charge in [0.15, 0.2) is 0 Å². The van der Waals surface area contributed by atoms with Crippen molar-refractivity contribution in [2.75, 3.05) is 13.7 Å². The minimum atomic E-state index is -0.991. The largest absolute Gasteiger partial charge is 0.384 e. The van der Waals surface area contributed by atoms with Crippen molar-refractivity contribution in [1.82, 2.24) is 4.98 Å². The number of carbonyl (C=O) groups is 2. The summed E-state index contributed by atoms with van der Waals surface area (Å²) in [7, 11) is 1.59. The predicted octanol–water partition coefficient (Wildman–Crippen LogP) is 3.13. The molecule has 0 bridgehead atoms. The van der Waals surface area contributed by atoms with Crippen molar-refractivity contribution < 1.29 is 14.3 Å². The van der Waals surface area contributed by atoms with E-state index in [-0.39, 0.29) is 5.69 Å². The molecule has 0 aliphatic rings. The Hall–Kier alpha value is -1.91. The van der Waals surface area contributed by atoms with Crippen LogP contribution in [0.5, 0.6) is 0 Å². The first-order valence-corrected chi connectivity index (χ1v) is 6.94. The quantitative estimate of drug-likeness (QED) is 0.507. The fourth-order valence-corrected chi connectivity index (χ4v) is 2.51. The number of benzene rings is 1. The van der Waals surface area contributed by atoms with Gasteiger partial charge in [0.1, 0.15) is 0 Å². The van der Waals surface area contributed by atoms with E-state index >= 15 is 0 Å². The first-order chi connectivity index (χ1) is 10.1. The molecule has 0 unspecified atom stereocenters. The number of carbonyl (C=O) groups excluding carboxylic acids is 2. The maximum absolute atomic E-state index is 12.0. The van der Waals surface area contributed by atoms with E-state index in [1.54, 1.807) is 7.11 Å². The minimum Gasteiger partial charge on any atom is -0.384 e. The van der Waals surface area contributed by atoms with Crippen molar-refractivity contribution in [1.29, 1.82) is 0 Å². The van der Waals surface area contributed by atoms with E-state index in [1.807, 2.05) is 37.3 Å². The summed E-state index contributed by atoms with van der Waals surface area (Å²) in [5, 5.41) is -0.991. The summed E-state index contributed by atoms with van der Waals surface area (Å²) in [6.07, 6.45) is 0.524. The van der Waals surface area contributed by atoms with Gasteiger partial charge < -0.3 is 9.72 Å². The summed E-state index contributed by atoms with van der Waals surface area (Å²) in [5.41, 5.74) is 3.75. The molecule has 0 aliphatic carbocycles. The molecule has 1 aromatic heterocycles. The van der Waals surface area contributed by atoms with Crippen molar-refractivity contribution in [3.8, 4) is 11.1 Å². The molecular weight excluding hydrogens is 290 g/mol. The average molecular weight is 306 g/mol. The first-order valence-electron chi connectivity index (χ1n) is 6.56. The lowest BCUT2D eigenvalue weighted by Crippen LogP contribution is -2.11. The highest BCUT2D eigenvalue weighted by Crippen LogP contribution is 2.31. The summed E-state index contributed by atoms with van der Waals surface area (Å²) in [4.78, 5) is 26.2. The van der Waals surface area contributed by atoms with Crippen LogP contribution in [-0.2, 0) is 16.0 Å². The molecule has 1 N–H and O–H groups in total. The second kappa shape index (κ2) is 6.70. The zero-order valence-corrected chi connectivity index (χ0v) is 12.7. The van der Waals surface area contributed by atoms with Crippen LogP contribution in [0.15, 0.2) is 30.3 Å². The van der Waals surface area contributed by atoms with Crippen molar-refractivity contribution in [2.45, 2.75) is 13.3 Å². The Morgan fingerprint density at radius 1 is 1.24 bits per heavy atom. The van der Waals surface area contributed by atoms with Gasteiger partial charge in [-0.25, -0.2) is 0 Å². The lowest BCUT2D eigenvalue weighted by molar-refractivity contribution is -0.108. The molecule has 2 rings (SSSR count). The van der Waals surface area contributed by atoms with Gasteiger partial charge in [0, 0.05) is 18.4 Å². The topological polar surface area (TPSA) is 59.2 Å². The second-order valence-electron chi connectivity index (χ2n) is 4.69. The second-order valence-corrected chi connectivity index (χ2v) is 5.03. The molecular formula is C16H16ClNO3. The number of Topliss-reactive ketones (excluding diaryl/α,β-unsaturated/α-hetero) is 1. The van der Waals surface area contributed by atoms with Gasteiger partial charge in [-0.3, -0.25) is 9.59 Å². The molecule has 1 heterocycles. The van der Waals surface area contributed by atoms with Crippen LogP contribution in [0.3, 0.4) is 0 Å². The van der Waals surface area contributed by atoms with E-state index < -0.39 is 11.0 Å². The third kappa shape index (κ3) is 3.23. The van der Waals surface area contributed by atoms with Gasteiger partial charge in [0.05, 0.1) is 12.3 Å². The van der Waals surface area contributed by atoms with E-state index in [4.69, 9.17) is 16.3 Å². The van der Waals surface area contributed by atoms with Crippen molar-refractivity contribution >= 4 is 22.6 Å². The molecule has 5 heteroatoms. The van der Waals surface area contributed by atoms with Gasteiger partial charge in [-0.05, 0) is 36.1 Å². The Labute approximate surface area is 128 Å². The summed E-state index contributed by atoms with van der Waals surface area (Å²) < 4.78 is 5.10. The van der Waals surface area contributed by atoms with Crippen LogP contribution in [0.1, 0.15) is 21.7 Å². The standard InChI is InChI=1S/C16H16ClNO3/c1-10-13(11-6-4-3-5-7-11)12(8-9-21-2)14(18-10)15(19)16(17)20/h3-7,18H,8-9H2,1-2H3. The van der Waals surface area contributed by atoms with Crippen molar-refractivity contribution in [3.63, 3.8) is 0 Å². The number of nitrogens with one attached hydrogen (secondary N) is 1. The molecule has 0 saturated carbocycles. The number of H-pyrrole nitrogens is 1. The Kier molecular flexibility index (Phi) is 4.94. The average Bonchev–Trinajstić information content (AvgIpc) is 2.81. The van der Waals surface area contributed by atoms with Gasteiger partial charge in [0.2, 0.25) is 0 Å². The number of hydrogen-bond acceptors (Lipinski definition) is 3. The zero-order valence-electron chi connectivity index (χ0n) is 11.9. The zero-order chi connectivity index (χ0) is 15.4. The summed E-state index contributed by atoms with van der Waals surface area (Å²) in [5.74, 6) is -0.715. The normalized spacial score (nSPS) is 10.6. The van der Waals surface area contributed by atoms with E-state index in [9.17, 15) is 9.59 Å². The van der Waals surface area contributed by atoms with Crippen LogP contribution >= 0.6 is 11.6 Å². The maximum atomic E-state index is 12.0. The molecule has 0 atom stereocenters. The third-order valence-electron chi connectivity index (χ3n) is 3.32. The van der Waals surface area contributed by atoms with Crippen LogP contribution in [-0.4, -0.2) is 29.7 Å². The molecule has 0 spiro atoms. The third-order valence-corrected chi connectivity index (χ3v) is 3.49. The van der Waals surface area contributed by atoms with Crippen LogP contribution in [0.25, 0.3) is 11.1 Å². The number of rotatable bonds is 6. The predicted molar refractivity (Wildman–Crippen MR) is 81.7 cm³/mol. The molecule has 110 valence electrons. The smallest absolute Gasteiger partial charge is 0.294 e. The highest BCUT2D eigenvalue weighted by atomic mass is 35.5. The number of aryl methyl sites for hydroxylation is 1. The molecule has 0 saturated heterocycles. The molecule has 0 aliphatic heterocycles. The maximum Gasteiger partial charge on any atom is 0.294 e. The van der Waals surface area contributed by atoms with Gasteiger partial charge in [-0.15, -0.1) is 0 Å². The number of hydrogen-bond donors (Lipinski definition) is 1. The molecule has 1 aromatic carbocycles. The summed E-state index contributed by atoms with van der Waals surface area (Å²) >= 11 is 5.34. The molecule has 4 nitrogen and oxygen atoms in total. The lowest BCUT2D eigenvalue weighted by Gasteiger charge is -2.07. The van der Waals surface area contributed by atoms with Crippen LogP contribution in [0.4, 0.5) is 0 Å². The SMILES string of the molecule is COCCc1c(C(=O)C(=O)Cl)[nH]c(C)c1-c1ccccc1. The van der Waals surface area contributed by atoms with Crippen LogP contribution in [0.2, 0.25) is 0 Å². The Balaban J connectivity index is 2.58. The number of halogens is 1. The molecule has 2 aromatic rings. The van der Waals surface area contributed by atoms with Crippen LogP contribution < -0.4 is 0 Å². The molecule has 0 amide bonds. The monoisotopic (exact) mass is 305 g/mol. The van der Waals surface area contributed by atoms with Crippen molar-refractivity contribution in [2.24, 2.45) is 0 Å². The van der Waals surface area contributed by atoms with Gasteiger partial charge >= 0.3 is 0 Å². The van der Waals surface area contributed by atoms with Gasteiger partial charge in [0.25, 0.3) is 11.0 Å². The minimum absolute atomic E-state index is 0.253. The van der Waals surface area contributed by atoms with Gasteiger partial charge in [-0.1, -0.05) is 30.3 Å². The number of methoxy groups -OCH3 is 1.